The van der Waals surface area contributed by atoms with Gasteiger partial charge in [-0.2, -0.15) is 0 Å². The molecule has 0 saturated carbocycles. The third-order valence-electron chi connectivity index (χ3n) is 3.47. The zero-order chi connectivity index (χ0) is 18.1. The molecule has 5 heteroatoms. The molecule has 2 aromatic carbocycles. The molecule has 0 aromatic heterocycles. The lowest BCUT2D eigenvalue weighted by molar-refractivity contribution is 0.0516. The Kier molecular flexibility index (Phi) is 7.16. The third kappa shape index (κ3) is 5.72. The number of hydrogen-bond acceptors (Lipinski definition) is 5. The van der Waals surface area contributed by atoms with Crippen LogP contribution in [0.5, 0.6) is 0 Å². The molecule has 25 heavy (non-hydrogen) atoms. The second-order valence-corrected chi connectivity index (χ2v) is 5.33. The van der Waals surface area contributed by atoms with Gasteiger partial charge in [0, 0.05) is 0 Å². The summed E-state index contributed by atoms with van der Waals surface area (Å²) < 4.78 is 15.6. The summed E-state index contributed by atoms with van der Waals surface area (Å²) in [6, 6.07) is 14.3. The maximum absolute atomic E-state index is 11.6. The first-order valence-corrected chi connectivity index (χ1v) is 8.24. The molecule has 0 aliphatic rings. The van der Waals surface area contributed by atoms with Gasteiger partial charge in [-0.25, -0.2) is 9.59 Å². The molecule has 0 amide bonds. The number of hydrogen-bond donors (Lipinski definition) is 0. The summed E-state index contributed by atoms with van der Waals surface area (Å²) in [7, 11) is 0. The average Bonchev–Trinajstić information content (AvgIpc) is 2.63. The van der Waals surface area contributed by atoms with E-state index < -0.39 is 0 Å². The van der Waals surface area contributed by atoms with Crippen molar-refractivity contribution in [2.45, 2.75) is 27.1 Å². The van der Waals surface area contributed by atoms with Gasteiger partial charge in [0.1, 0.15) is 0 Å². The van der Waals surface area contributed by atoms with Crippen molar-refractivity contribution in [2.75, 3.05) is 13.2 Å². The highest BCUT2D eigenvalue weighted by atomic mass is 16.5. The molecule has 0 bridgehead atoms. The largest absolute Gasteiger partial charge is 0.462 e. The topological polar surface area (TPSA) is 61.8 Å². The Balaban J connectivity index is 1.82. The van der Waals surface area contributed by atoms with E-state index in [0.29, 0.717) is 37.6 Å². The van der Waals surface area contributed by atoms with Gasteiger partial charge in [0.2, 0.25) is 0 Å². The van der Waals surface area contributed by atoms with Gasteiger partial charge in [-0.05, 0) is 49.2 Å². The molecule has 0 heterocycles. The molecule has 0 atom stereocenters. The van der Waals surface area contributed by atoms with Gasteiger partial charge in [0.25, 0.3) is 0 Å². The Morgan fingerprint density at radius 3 is 1.36 bits per heavy atom. The molecule has 2 aromatic rings. The lowest BCUT2D eigenvalue weighted by atomic mass is 10.1. The molecule has 0 N–H and O–H groups in total. The summed E-state index contributed by atoms with van der Waals surface area (Å²) >= 11 is 0. The first-order valence-electron chi connectivity index (χ1n) is 8.24. The molecule has 0 unspecified atom stereocenters. The van der Waals surface area contributed by atoms with E-state index in [0.717, 1.165) is 11.1 Å². The van der Waals surface area contributed by atoms with Crippen molar-refractivity contribution in [3.05, 3.63) is 70.8 Å². The zero-order valence-electron chi connectivity index (χ0n) is 14.5. The van der Waals surface area contributed by atoms with E-state index in [2.05, 4.69) is 0 Å². The average molecular weight is 342 g/mol. The fourth-order valence-corrected chi connectivity index (χ4v) is 2.19. The van der Waals surface area contributed by atoms with E-state index in [9.17, 15) is 9.59 Å². The molecule has 0 fully saturated rings. The molecular weight excluding hydrogens is 320 g/mol. The van der Waals surface area contributed by atoms with Crippen molar-refractivity contribution in [1.82, 2.24) is 0 Å². The first-order chi connectivity index (χ1) is 12.1. The highest BCUT2D eigenvalue weighted by molar-refractivity contribution is 5.89. The van der Waals surface area contributed by atoms with E-state index in [1.165, 1.54) is 0 Å². The van der Waals surface area contributed by atoms with Crippen LogP contribution in [0.15, 0.2) is 48.5 Å². The Morgan fingerprint density at radius 2 is 1.04 bits per heavy atom. The van der Waals surface area contributed by atoms with Crippen LogP contribution < -0.4 is 0 Å². The van der Waals surface area contributed by atoms with Gasteiger partial charge < -0.3 is 14.2 Å². The van der Waals surface area contributed by atoms with Crippen molar-refractivity contribution >= 4 is 11.9 Å². The quantitative estimate of drug-likeness (QED) is 0.684. The van der Waals surface area contributed by atoms with Crippen LogP contribution in [-0.4, -0.2) is 25.2 Å². The van der Waals surface area contributed by atoms with Crippen molar-refractivity contribution in [2.24, 2.45) is 0 Å². The van der Waals surface area contributed by atoms with E-state index in [1.807, 2.05) is 24.3 Å². The predicted octanol–water partition coefficient (Wildman–Crippen LogP) is 3.76. The standard InChI is InChI=1S/C20H22O5/c1-3-24-19(21)17-9-5-15(6-10-17)13-23-14-16-7-11-18(12-8-16)20(22)25-4-2/h5-12H,3-4,13-14H2,1-2H3. The lowest BCUT2D eigenvalue weighted by Gasteiger charge is -2.07. The van der Waals surface area contributed by atoms with Gasteiger partial charge in [0.15, 0.2) is 0 Å². The van der Waals surface area contributed by atoms with Crippen LogP contribution in [0.25, 0.3) is 0 Å². The highest BCUT2D eigenvalue weighted by Gasteiger charge is 2.07. The minimum absolute atomic E-state index is 0.323. The third-order valence-corrected chi connectivity index (χ3v) is 3.47. The molecule has 0 spiro atoms. The Bertz CT molecular complexity index is 628. The molecular formula is C20H22O5. The van der Waals surface area contributed by atoms with Crippen LogP contribution >= 0.6 is 0 Å². The second kappa shape index (κ2) is 9.59. The summed E-state index contributed by atoms with van der Waals surface area (Å²) in [6.45, 7) is 5.14. The summed E-state index contributed by atoms with van der Waals surface area (Å²) in [4.78, 5) is 23.2. The fraction of sp³-hybridized carbons (Fsp3) is 0.300. The van der Waals surface area contributed by atoms with Crippen molar-refractivity contribution in [3.8, 4) is 0 Å². The minimum Gasteiger partial charge on any atom is -0.462 e. The Morgan fingerprint density at radius 1 is 0.680 bits per heavy atom. The number of ether oxygens (including phenoxy) is 3. The SMILES string of the molecule is CCOC(=O)c1ccc(COCc2ccc(C(=O)OCC)cc2)cc1. The van der Waals surface area contributed by atoms with Crippen molar-refractivity contribution < 1.29 is 23.8 Å². The van der Waals surface area contributed by atoms with Crippen molar-refractivity contribution in [3.63, 3.8) is 0 Å². The van der Waals surface area contributed by atoms with Gasteiger partial charge in [0.05, 0.1) is 37.6 Å². The first kappa shape index (κ1) is 18.7. The molecule has 132 valence electrons. The van der Waals surface area contributed by atoms with Crippen LogP contribution in [0, 0.1) is 0 Å². The summed E-state index contributed by atoms with van der Waals surface area (Å²) in [5, 5.41) is 0. The number of benzene rings is 2. The van der Waals surface area contributed by atoms with Gasteiger partial charge >= 0.3 is 11.9 Å². The summed E-state index contributed by atoms with van der Waals surface area (Å²) in [5.41, 5.74) is 2.99. The van der Waals surface area contributed by atoms with E-state index in [4.69, 9.17) is 14.2 Å². The molecule has 5 nitrogen and oxygen atoms in total. The summed E-state index contributed by atoms with van der Waals surface area (Å²) in [5.74, 6) is -0.645. The van der Waals surface area contributed by atoms with E-state index in [-0.39, 0.29) is 11.9 Å². The Hall–Kier alpha value is -2.66. The number of esters is 2. The lowest BCUT2D eigenvalue weighted by Crippen LogP contribution is -2.05. The second-order valence-electron chi connectivity index (χ2n) is 5.33. The number of carbonyl (C=O) groups excluding carboxylic acids is 2. The number of rotatable bonds is 8. The van der Waals surface area contributed by atoms with Crippen molar-refractivity contribution in [1.29, 1.82) is 0 Å². The monoisotopic (exact) mass is 342 g/mol. The molecule has 0 aliphatic heterocycles. The van der Waals surface area contributed by atoms with Gasteiger partial charge in [-0.1, -0.05) is 24.3 Å². The van der Waals surface area contributed by atoms with Crippen LogP contribution in [-0.2, 0) is 27.4 Å². The molecule has 0 aliphatic carbocycles. The van der Waals surface area contributed by atoms with Gasteiger partial charge in [-0.15, -0.1) is 0 Å². The molecule has 2 rings (SSSR count). The summed E-state index contributed by atoms with van der Waals surface area (Å²) in [6.07, 6.45) is 0. The van der Waals surface area contributed by atoms with E-state index >= 15 is 0 Å². The van der Waals surface area contributed by atoms with Crippen LogP contribution in [0.3, 0.4) is 0 Å². The maximum Gasteiger partial charge on any atom is 0.338 e. The predicted molar refractivity (Wildman–Crippen MR) is 93.3 cm³/mol. The van der Waals surface area contributed by atoms with Crippen LogP contribution in [0.4, 0.5) is 0 Å². The smallest absolute Gasteiger partial charge is 0.338 e. The maximum atomic E-state index is 11.6. The normalized spacial score (nSPS) is 10.3. The molecule has 0 radical (unpaired) electrons. The minimum atomic E-state index is -0.323. The van der Waals surface area contributed by atoms with Crippen LogP contribution in [0.1, 0.15) is 45.7 Å². The van der Waals surface area contributed by atoms with E-state index in [1.54, 1.807) is 38.1 Å². The number of carbonyl (C=O) groups is 2. The highest BCUT2D eigenvalue weighted by Crippen LogP contribution is 2.11. The zero-order valence-corrected chi connectivity index (χ0v) is 14.5. The van der Waals surface area contributed by atoms with Crippen LogP contribution in [0.2, 0.25) is 0 Å². The van der Waals surface area contributed by atoms with Gasteiger partial charge in [-0.3, -0.25) is 0 Å². The fourth-order valence-electron chi connectivity index (χ4n) is 2.19. The Labute approximate surface area is 147 Å². The molecule has 0 saturated heterocycles.